The van der Waals surface area contributed by atoms with Crippen molar-refractivity contribution in [3.63, 3.8) is 0 Å². The lowest BCUT2D eigenvalue weighted by atomic mass is 10.0. The number of hydrogen-bond donors (Lipinski definition) is 1. The van der Waals surface area contributed by atoms with E-state index in [1.807, 2.05) is 49.4 Å². The summed E-state index contributed by atoms with van der Waals surface area (Å²) in [6.45, 7) is 8.96. The smallest absolute Gasteiger partial charge is 0.229 e. The first-order valence-electron chi connectivity index (χ1n) is 13.6. The van der Waals surface area contributed by atoms with Crippen LogP contribution in [-0.4, -0.2) is 66.9 Å². The summed E-state index contributed by atoms with van der Waals surface area (Å²) in [4.78, 5) is 34.0. The van der Waals surface area contributed by atoms with Crippen LogP contribution >= 0.6 is 0 Å². The van der Waals surface area contributed by atoms with E-state index in [0.717, 1.165) is 56.5 Å². The Hall–Kier alpha value is -3.99. The van der Waals surface area contributed by atoms with Crippen molar-refractivity contribution in [1.82, 2.24) is 34.3 Å². The predicted molar refractivity (Wildman–Crippen MR) is 148 cm³/mol. The standard InChI is InChI=1S/C29H32F2N8O/c1-16(2)39-17(3)33-27-21(30)11-20(12-24(27)39)26-22(31)13-32-29(36-26)35-25-6-5-18-14-38(10-8-23(18)34-25)15-19-7-9-37(4)28(19)40/h5-6,11-13,16,19H,7-10,14-15H2,1-4H3,(H,32,34,35,36). The Labute approximate surface area is 231 Å². The minimum atomic E-state index is -0.651. The largest absolute Gasteiger partial charge is 0.345 e. The molecule has 4 aromatic rings. The first-order chi connectivity index (χ1) is 19.2. The monoisotopic (exact) mass is 546 g/mol. The van der Waals surface area contributed by atoms with E-state index < -0.39 is 11.6 Å². The predicted octanol–water partition coefficient (Wildman–Crippen LogP) is 4.64. The molecule has 2 aliphatic heterocycles. The molecule has 1 unspecified atom stereocenters. The van der Waals surface area contributed by atoms with Crippen molar-refractivity contribution in [2.24, 2.45) is 5.92 Å². The quantitative estimate of drug-likeness (QED) is 0.377. The number of imidazole rings is 1. The maximum Gasteiger partial charge on any atom is 0.229 e. The fraction of sp³-hybridized carbons (Fsp3) is 0.414. The molecule has 1 amide bonds. The molecule has 5 heterocycles. The molecular formula is C29H32F2N8O. The number of fused-ring (bicyclic) bond motifs is 2. The van der Waals surface area contributed by atoms with Crippen LogP contribution in [-0.2, 0) is 17.8 Å². The van der Waals surface area contributed by atoms with Gasteiger partial charge in [-0.3, -0.25) is 9.69 Å². The number of carbonyl (C=O) groups excluding carboxylic acids is 1. The van der Waals surface area contributed by atoms with Crippen LogP contribution in [0.25, 0.3) is 22.3 Å². The Morgan fingerprint density at radius 1 is 1.10 bits per heavy atom. The maximum absolute atomic E-state index is 15.0. The van der Waals surface area contributed by atoms with Gasteiger partial charge in [0.1, 0.15) is 22.9 Å². The average Bonchev–Trinajstić information content (AvgIpc) is 3.43. The molecule has 0 bridgehead atoms. The lowest BCUT2D eigenvalue weighted by molar-refractivity contribution is -0.130. The number of benzene rings is 1. The first kappa shape index (κ1) is 26.2. The number of nitrogens with one attached hydrogen (secondary N) is 1. The molecule has 1 N–H and O–H groups in total. The van der Waals surface area contributed by atoms with Gasteiger partial charge in [-0.25, -0.2) is 28.7 Å². The number of aryl methyl sites for hydroxylation is 1. The molecule has 0 radical (unpaired) electrons. The lowest BCUT2D eigenvalue weighted by Crippen LogP contribution is -2.37. The summed E-state index contributed by atoms with van der Waals surface area (Å²) in [7, 11) is 1.86. The summed E-state index contributed by atoms with van der Waals surface area (Å²) in [6, 6.07) is 6.89. The van der Waals surface area contributed by atoms with E-state index in [9.17, 15) is 9.18 Å². The highest BCUT2D eigenvalue weighted by molar-refractivity contribution is 5.83. The van der Waals surface area contributed by atoms with Crippen LogP contribution in [0, 0.1) is 24.5 Å². The maximum atomic E-state index is 15.0. The molecule has 6 rings (SSSR count). The van der Waals surface area contributed by atoms with Gasteiger partial charge < -0.3 is 14.8 Å². The average molecular weight is 547 g/mol. The Bertz CT molecular complexity index is 1620. The van der Waals surface area contributed by atoms with Gasteiger partial charge >= 0.3 is 0 Å². The topological polar surface area (TPSA) is 92.1 Å². The lowest BCUT2D eigenvalue weighted by Gasteiger charge is -2.30. The van der Waals surface area contributed by atoms with E-state index in [0.29, 0.717) is 22.7 Å². The van der Waals surface area contributed by atoms with Crippen molar-refractivity contribution in [1.29, 1.82) is 0 Å². The summed E-state index contributed by atoms with van der Waals surface area (Å²) in [5, 5.41) is 3.08. The number of amides is 1. The second-order valence-electron chi connectivity index (χ2n) is 11.0. The van der Waals surface area contributed by atoms with Gasteiger partial charge in [0.2, 0.25) is 11.9 Å². The Morgan fingerprint density at radius 2 is 1.93 bits per heavy atom. The molecule has 208 valence electrons. The van der Waals surface area contributed by atoms with Crippen LogP contribution in [0.2, 0.25) is 0 Å². The zero-order chi connectivity index (χ0) is 28.1. The molecule has 2 aliphatic rings. The molecule has 1 fully saturated rings. The molecule has 1 saturated heterocycles. The van der Waals surface area contributed by atoms with Crippen LogP contribution in [0.1, 0.15) is 43.4 Å². The van der Waals surface area contributed by atoms with E-state index >= 15 is 4.39 Å². The number of likely N-dealkylation sites (tertiary alicyclic amines) is 1. The summed E-state index contributed by atoms with van der Waals surface area (Å²) >= 11 is 0. The minimum absolute atomic E-state index is 0.00633. The number of rotatable bonds is 6. The molecule has 0 spiro atoms. The highest BCUT2D eigenvalue weighted by Gasteiger charge is 2.31. The molecular weight excluding hydrogens is 514 g/mol. The van der Waals surface area contributed by atoms with Gasteiger partial charge in [-0.2, -0.15) is 0 Å². The highest BCUT2D eigenvalue weighted by Crippen LogP contribution is 2.31. The van der Waals surface area contributed by atoms with Crippen LogP contribution in [0.5, 0.6) is 0 Å². The van der Waals surface area contributed by atoms with Crippen LogP contribution in [0.4, 0.5) is 20.5 Å². The van der Waals surface area contributed by atoms with Crippen molar-refractivity contribution in [3.05, 3.63) is 59.2 Å². The normalized spacial score (nSPS) is 17.7. The second kappa shape index (κ2) is 10.2. The Balaban J connectivity index is 1.22. The fourth-order valence-corrected chi connectivity index (χ4v) is 5.88. The van der Waals surface area contributed by atoms with Gasteiger partial charge in [0.25, 0.3) is 0 Å². The molecule has 0 saturated carbocycles. The third-order valence-electron chi connectivity index (χ3n) is 7.84. The molecule has 3 aromatic heterocycles. The van der Waals surface area contributed by atoms with Crippen LogP contribution < -0.4 is 5.32 Å². The molecule has 40 heavy (non-hydrogen) atoms. The van der Waals surface area contributed by atoms with Crippen molar-refractivity contribution in [2.45, 2.75) is 46.2 Å². The van der Waals surface area contributed by atoms with E-state index in [1.165, 1.54) is 6.07 Å². The van der Waals surface area contributed by atoms with Crippen LogP contribution in [0.3, 0.4) is 0 Å². The Morgan fingerprint density at radius 3 is 2.67 bits per heavy atom. The number of halogens is 2. The Kier molecular flexibility index (Phi) is 6.69. The van der Waals surface area contributed by atoms with Crippen molar-refractivity contribution < 1.29 is 13.6 Å². The summed E-state index contributed by atoms with van der Waals surface area (Å²) in [6.07, 6.45) is 2.75. The molecule has 11 heteroatoms. The molecule has 9 nitrogen and oxygen atoms in total. The van der Waals surface area contributed by atoms with Gasteiger partial charge in [0.15, 0.2) is 11.6 Å². The number of pyridine rings is 1. The summed E-state index contributed by atoms with van der Waals surface area (Å²) in [5.41, 5.74) is 3.24. The van der Waals surface area contributed by atoms with Crippen molar-refractivity contribution in [3.8, 4) is 11.3 Å². The number of anilines is 2. The van der Waals surface area contributed by atoms with Gasteiger partial charge in [-0.15, -0.1) is 0 Å². The zero-order valence-corrected chi connectivity index (χ0v) is 23.1. The highest BCUT2D eigenvalue weighted by atomic mass is 19.1. The van der Waals surface area contributed by atoms with Gasteiger partial charge in [0, 0.05) is 56.9 Å². The second-order valence-corrected chi connectivity index (χ2v) is 11.0. The number of hydrogen-bond acceptors (Lipinski definition) is 7. The van der Waals surface area contributed by atoms with Crippen LogP contribution in [0.15, 0.2) is 30.5 Å². The van der Waals surface area contributed by atoms with Gasteiger partial charge in [-0.05, 0) is 51.0 Å². The van der Waals surface area contributed by atoms with Gasteiger partial charge in [0.05, 0.1) is 17.6 Å². The van der Waals surface area contributed by atoms with Crippen molar-refractivity contribution >= 4 is 28.7 Å². The molecule has 1 atom stereocenters. The number of aromatic nitrogens is 5. The van der Waals surface area contributed by atoms with E-state index in [4.69, 9.17) is 4.98 Å². The minimum Gasteiger partial charge on any atom is -0.345 e. The molecule has 0 aliphatic carbocycles. The summed E-state index contributed by atoms with van der Waals surface area (Å²) in [5.74, 6) is 0.513. The number of carbonyl (C=O) groups is 1. The molecule has 1 aromatic carbocycles. The van der Waals surface area contributed by atoms with Gasteiger partial charge in [-0.1, -0.05) is 6.07 Å². The van der Waals surface area contributed by atoms with Crippen molar-refractivity contribution in [2.75, 3.05) is 32.0 Å². The number of nitrogens with zero attached hydrogens (tertiary/aromatic N) is 7. The van der Waals surface area contributed by atoms with E-state index in [2.05, 4.69) is 25.2 Å². The third kappa shape index (κ3) is 4.78. The van der Waals surface area contributed by atoms with E-state index in [-0.39, 0.29) is 35.0 Å². The zero-order valence-electron chi connectivity index (χ0n) is 23.1. The van der Waals surface area contributed by atoms with E-state index in [1.54, 1.807) is 6.07 Å². The summed E-state index contributed by atoms with van der Waals surface area (Å²) < 4.78 is 31.8. The third-order valence-corrected chi connectivity index (χ3v) is 7.84. The first-order valence-corrected chi connectivity index (χ1v) is 13.6. The SMILES string of the molecule is Cc1nc2c(F)cc(-c3nc(Nc4ccc5c(n4)CCN(CC4CCN(C)C4=O)C5)ncc3F)cc2n1C(C)C. The fourth-order valence-electron chi connectivity index (χ4n) is 5.88.